The van der Waals surface area contributed by atoms with Crippen LogP contribution in [0.5, 0.6) is 0 Å². The van der Waals surface area contributed by atoms with E-state index in [9.17, 15) is 0 Å². The molecule has 19 heavy (non-hydrogen) atoms. The predicted molar refractivity (Wildman–Crippen MR) is 86.2 cm³/mol. The highest BCUT2D eigenvalue weighted by Crippen LogP contribution is 2.34. The molecule has 0 saturated heterocycles. The second kappa shape index (κ2) is 6.56. The van der Waals surface area contributed by atoms with E-state index in [0.717, 1.165) is 11.6 Å². The van der Waals surface area contributed by atoms with E-state index in [-0.39, 0.29) is 0 Å². The number of hydrogen-bond donors (Lipinski definition) is 1. The van der Waals surface area contributed by atoms with Crippen LogP contribution in [0.3, 0.4) is 0 Å². The minimum atomic E-state index is 0.423. The highest BCUT2D eigenvalue weighted by atomic mass is 35.5. The Morgan fingerprint density at radius 2 is 2.05 bits per heavy atom. The third-order valence-electron chi connectivity index (χ3n) is 3.21. The molecule has 102 valence electrons. The molecule has 2 rings (SSSR count). The van der Waals surface area contributed by atoms with Gasteiger partial charge in [-0.05, 0) is 62.2 Å². The summed E-state index contributed by atoms with van der Waals surface area (Å²) in [4.78, 5) is 2.70. The molecule has 0 radical (unpaired) electrons. The molecule has 1 N–H and O–H groups in total. The van der Waals surface area contributed by atoms with E-state index in [1.807, 2.05) is 23.5 Å². The van der Waals surface area contributed by atoms with Crippen LogP contribution in [0.2, 0.25) is 5.02 Å². The van der Waals surface area contributed by atoms with Crippen molar-refractivity contribution < 1.29 is 0 Å². The summed E-state index contributed by atoms with van der Waals surface area (Å²) in [5.41, 5.74) is 2.51. The summed E-state index contributed by atoms with van der Waals surface area (Å²) in [6, 6.07) is 10.9. The Balaban J connectivity index is 2.20. The molecule has 2 aromatic rings. The first-order valence-electron chi connectivity index (χ1n) is 6.71. The molecule has 0 aliphatic carbocycles. The summed E-state index contributed by atoms with van der Waals surface area (Å²) in [6.45, 7) is 7.59. The van der Waals surface area contributed by atoms with Gasteiger partial charge >= 0.3 is 0 Å². The van der Waals surface area contributed by atoms with Crippen LogP contribution in [0.4, 0.5) is 0 Å². The van der Waals surface area contributed by atoms with Gasteiger partial charge in [0.2, 0.25) is 0 Å². The summed E-state index contributed by atoms with van der Waals surface area (Å²) < 4.78 is 0. The van der Waals surface area contributed by atoms with Gasteiger partial charge < -0.3 is 5.32 Å². The highest BCUT2D eigenvalue weighted by molar-refractivity contribution is 7.15. The van der Waals surface area contributed by atoms with Gasteiger partial charge in [-0.3, -0.25) is 0 Å². The van der Waals surface area contributed by atoms with E-state index in [4.69, 9.17) is 11.6 Å². The van der Waals surface area contributed by atoms with Gasteiger partial charge in [0.1, 0.15) is 0 Å². The van der Waals surface area contributed by atoms with Crippen molar-refractivity contribution in [2.24, 2.45) is 0 Å². The lowest BCUT2D eigenvalue weighted by Crippen LogP contribution is -2.18. The molecule has 0 aliphatic rings. The van der Waals surface area contributed by atoms with Crippen molar-refractivity contribution >= 4 is 22.9 Å². The lowest BCUT2D eigenvalue weighted by molar-refractivity contribution is 0.578. The molecule has 0 amide bonds. The normalized spacial score (nSPS) is 12.6. The number of thiophene rings is 1. The Labute approximate surface area is 124 Å². The molecule has 0 spiro atoms. The average molecular weight is 294 g/mol. The van der Waals surface area contributed by atoms with Gasteiger partial charge in [0.05, 0.1) is 0 Å². The minimum Gasteiger partial charge on any atom is -0.309 e. The third-order valence-corrected chi connectivity index (χ3v) is 4.74. The van der Waals surface area contributed by atoms with Crippen molar-refractivity contribution in [2.45, 2.75) is 33.2 Å². The molecule has 3 heteroatoms. The summed E-state index contributed by atoms with van der Waals surface area (Å²) >= 11 is 7.87. The number of hydrogen-bond acceptors (Lipinski definition) is 2. The zero-order valence-corrected chi connectivity index (χ0v) is 13.2. The Morgan fingerprint density at radius 1 is 1.26 bits per heavy atom. The zero-order valence-electron chi connectivity index (χ0n) is 11.7. The Morgan fingerprint density at radius 3 is 2.74 bits per heavy atom. The Kier molecular flexibility index (Phi) is 5.03. The molecular formula is C16H20ClNS. The monoisotopic (exact) mass is 293 g/mol. The average Bonchev–Trinajstić information content (AvgIpc) is 2.85. The van der Waals surface area contributed by atoms with Crippen LogP contribution in [0, 0.1) is 6.92 Å². The van der Waals surface area contributed by atoms with Crippen LogP contribution in [0.25, 0.3) is 10.4 Å². The maximum absolute atomic E-state index is 6.01. The molecule has 0 bridgehead atoms. The van der Waals surface area contributed by atoms with E-state index < -0.39 is 0 Å². The predicted octanol–water partition coefficient (Wildman–Crippen LogP) is 5.44. The number of nitrogens with one attached hydrogen (secondary N) is 1. The van der Waals surface area contributed by atoms with Crippen LogP contribution in [0.15, 0.2) is 30.3 Å². The fourth-order valence-electron chi connectivity index (χ4n) is 2.10. The zero-order chi connectivity index (χ0) is 13.8. The SMILES string of the molecule is CCCNC(C)c1ccc(-c2ccc(Cl)cc2C)s1. The smallest absolute Gasteiger partial charge is 0.0409 e. The molecule has 1 aromatic carbocycles. The summed E-state index contributed by atoms with van der Waals surface area (Å²) in [7, 11) is 0. The number of rotatable bonds is 5. The van der Waals surface area contributed by atoms with Crippen molar-refractivity contribution in [3.05, 3.63) is 45.8 Å². The minimum absolute atomic E-state index is 0.423. The van der Waals surface area contributed by atoms with Gasteiger partial charge in [-0.2, -0.15) is 0 Å². The lowest BCUT2D eigenvalue weighted by atomic mass is 10.1. The van der Waals surface area contributed by atoms with Crippen molar-refractivity contribution in [3.63, 3.8) is 0 Å². The van der Waals surface area contributed by atoms with Gasteiger partial charge in [0.25, 0.3) is 0 Å². The van der Waals surface area contributed by atoms with Crippen molar-refractivity contribution in [1.29, 1.82) is 0 Å². The van der Waals surface area contributed by atoms with Crippen LogP contribution in [-0.2, 0) is 0 Å². The van der Waals surface area contributed by atoms with E-state index in [1.54, 1.807) is 0 Å². The van der Waals surface area contributed by atoms with E-state index in [1.165, 1.54) is 27.3 Å². The Hall–Kier alpha value is -0.830. The van der Waals surface area contributed by atoms with E-state index in [0.29, 0.717) is 6.04 Å². The molecular weight excluding hydrogens is 274 g/mol. The summed E-state index contributed by atoms with van der Waals surface area (Å²) in [5, 5.41) is 4.33. The van der Waals surface area contributed by atoms with E-state index >= 15 is 0 Å². The molecule has 0 fully saturated rings. The van der Waals surface area contributed by atoms with Crippen molar-refractivity contribution in [2.75, 3.05) is 6.54 Å². The fraction of sp³-hybridized carbons (Fsp3) is 0.375. The van der Waals surface area contributed by atoms with Crippen molar-refractivity contribution in [3.8, 4) is 10.4 Å². The first-order chi connectivity index (χ1) is 9.11. The maximum atomic E-state index is 6.01. The lowest BCUT2D eigenvalue weighted by Gasteiger charge is -2.10. The standard InChI is InChI=1S/C16H20ClNS/c1-4-9-18-12(3)15-7-8-16(19-15)14-6-5-13(17)10-11(14)2/h5-8,10,12,18H,4,9H2,1-3H3. The first kappa shape index (κ1) is 14.6. The third kappa shape index (κ3) is 3.59. The molecule has 1 nitrogen and oxygen atoms in total. The highest BCUT2D eigenvalue weighted by Gasteiger charge is 2.10. The Bertz CT molecular complexity index is 547. The summed E-state index contributed by atoms with van der Waals surface area (Å²) in [6.07, 6.45) is 1.17. The van der Waals surface area contributed by atoms with Gasteiger partial charge in [0, 0.05) is 20.8 Å². The second-order valence-corrected chi connectivity index (χ2v) is 6.39. The van der Waals surface area contributed by atoms with Crippen LogP contribution in [-0.4, -0.2) is 6.54 Å². The van der Waals surface area contributed by atoms with Gasteiger partial charge in [-0.15, -0.1) is 11.3 Å². The molecule has 0 saturated carbocycles. The van der Waals surface area contributed by atoms with Crippen LogP contribution in [0.1, 0.15) is 36.8 Å². The number of benzene rings is 1. The second-order valence-electron chi connectivity index (χ2n) is 4.84. The molecule has 1 heterocycles. The van der Waals surface area contributed by atoms with Gasteiger partial charge in [-0.1, -0.05) is 24.6 Å². The molecule has 1 aromatic heterocycles. The molecule has 1 atom stereocenters. The fourth-order valence-corrected chi connectivity index (χ4v) is 3.45. The van der Waals surface area contributed by atoms with Gasteiger partial charge in [0.15, 0.2) is 0 Å². The van der Waals surface area contributed by atoms with E-state index in [2.05, 4.69) is 44.3 Å². The summed E-state index contributed by atoms with van der Waals surface area (Å²) in [5.74, 6) is 0. The van der Waals surface area contributed by atoms with Crippen LogP contribution < -0.4 is 5.32 Å². The quantitative estimate of drug-likeness (QED) is 0.774. The molecule has 1 unspecified atom stereocenters. The largest absolute Gasteiger partial charge is 0.309 e. The topological polar surface area (TPSA) is 12.0 Å². The maximum Gasteiger partial charge on any atom is 0.0409 e. The first-order valence-corrected chi connectivity index (χ1v) is 7.91. The molecule has 0 aliphatic heterocycles. The van der Waals surface area contributed by atoms with Crippen molar-refractivity contribution in [1.82, 2.24) is 5.32 Å². The number of halogens is 1. The number of aryl methyl sites for hydroxylation is 1. The van der Waals surface area contributed by atoms with Gasteiger partial charge in [-0.25, -0.2) is 0 Å². The van der Waals surface area contributed by atoms with Crippen LogP contribution >= 0.6 is 22.9 Å².